The molecule has 1 aliphatic rings. The van der Waals surface area contributed by atoms with E-state index in [1.807, 2.05) is 0 Å². The summed E-state index contributed by atoms with van der Waals surface area (Å²) < 4.78 is 0. The first-order chi connectivity index (χ1) is 12.4. The zero-order valence-corrected chi connectivity index (χ0v) is 20.6. The Morgan fingerprint density at radius 2 is 1.85 bits per heavy atom. The summed E-state index contributed by atoms with van der Waals surface area (Å²) in [5, 5.41) is 6.77. The molecular weight excluding hydrogens is 453 g/mol. The highest BCUT2D eigenvalue weighted by atomic mass is 127. The van der Waals surface area contributed by atoms with Crippen LogP contribution in [0.2, 0.25) is 0 Å². The van der Waals surface area contributed by atoms with Gasteiger partial charge in [0.1, 0.15) is 0 Å². The topological polar surface area (TPSA) is 60.0 Å². The van der Waals surface area contributed by atoms with Gasteiger partial charge < -0.3 is 15.5 Å². The molecule has 6 nitrogen and oxygen atoms in total. The number of likely N-dealkylation sites (tertiary alicyclic amines) is 1. The van der Waals surface area contributed by atoms with Crippen molar-refractivity contribution in [2.45, 2.75) is 85.4 Å². The number of hydrogen-bond acceptors (Lipinski definition) is 3. The first-order valence-electron chi connectivity index (χ1n) is 10.5. The highest BCUT2D eigenvalue weighted by Gasteiger charge is 2.26. The van der Waals surface area contributed by atoms with E-state index < -0.39 is 0 Å². The van der Waals surface area contributed by atoms with Crippen LogP contribution >= 0.6 is 24.0 Å². The molecule has 0 radical (unpaired) electrons. The average molecular weight is 495 g/mol. The smallest absolute Gasteiger partial charge is 0.222 e. The van der Waals surface area contributed by atoms with Gasteiger partial charge in [-0.3, -0.25) is 14.7 Å². The molecule has 1 atom stereocenters. The SMILES string of the molecule is CCNC(=NCCC(CC)N1CCCC1=O)NCCN(C(C)C)C(C)C.I. The van der Waals surface area contributed by atoms with E-state index in [9.17, 15) is 4.79 Å². The molecular formula is C20H42IN5O. The third-order valence-corrected chi connectivity index (χ3v) is 5.09. The summed E-state index contributed by atoms with van der Waals surface area (Å²) in [6, 6.07) is 1.41. The standard InChI is InChI=1S/C20H41N5O.HI/c1-7-18(25-14-9-10-19(25)26)11-12-22-20(21-8-2)23-13-15-24(16(3)4)17(5)6;/h16-18H,7-15H2,1-6H3,(H2,21,22,23);1H. The van der Waals surface area contributed by atoms with E-state index >= 15 is 0 Å². The fourth-order valence-corrected chi connectivity index (χ4v) is 3.72. The number of aliphatic imine (C=N–C) groups is 1. The number of nitrogens with zero attached hydrogens (tertiary/aromatic N) is 3. The molecule has 0 aliphatic carbocycles. The lowest BCUT2D eigenvalue weighted by Gasteiger charge is -2.30. The summed E-state index contributed by atoms with van der Waals surface area (Å²) in [4.78, 5) is 21.2. The van der Waals surface area contributed by atoms with E-state index in [0.717, 1.165) is 57.9 Å². The summed E-state index contributed by atoms with van der Waals surface area (Å²) in [5.41, 5.74) is 0. The second kappa shape index (κ2) is 14.4. The Bertz CT molecular complexity index is 434. The third kappa shape index (κ3) is 9.45. The minimum Gasteiger partial charge on any atom is -0.357 e. The molecule has 160 valence electrons. The number of guanidine groups is 1. The predicted octanol–water partition coefficient (Wildman–Crippen LogP) is 3.07. The maximum absolute atomic E-state index is 12.0. The van der Waals surface area contributed by atoms with Crippen molar-refractivity contribution in [2.75, 3.05) is 32.7 Å². The number of halogens is 1. The van der Waals surface area contributed by atoms with Crippen molar-refractivity contribution in [2.24, 2.45) is 4.99 Å². The summed E-state index contributed by atoms with van der Waals surface area (Å²) in [6.07, 6.45) is 3.66. The van der Waals surface area contributed by atoms with Gasteiger partial charge in [-0.25, -0.2) is 0 Å². The number of amides is 1. The van der Waals surface area contributed by atoms with E-state index in [1.165, 1.54) is 0 Å². The molecule has 0 bridgehead atoms. The van der Waals surface area contributed by atoms with E-state index in [-0.39, 0.29) is 24.0 Å². The second-order valence-electron chi connectivity index (χ2n) is 7.65. The largest absolute Gasteiger partial charge is 0.357 e. The van der Waals surface area contributed by atoms with E-state index in [1.54, 1.807) is 0 Å². The molecule has 0 aromatic carbocycles. The molecule has 27 heavy (non-hydrogen) atoms. The lowest BCUT2D eigenvalue weighted by molar-refractivity contribution is -0.129. The Balaban J connectivity index is 0.00000676. The van der Waals surface area contributed by atoms with E-state index in [2.05, 4.69) is 62.0 Å². The monoisotopic (exact) mass is 495 g/mol. The maximum Gasteiger partial charge on any atom is 0.222 e. The second-order valence-corrected chi connectivity index (χ2v) is 7.65. The lowest BCUT2D eigenvalue weighted by Crippen LogP contribution is -2.45. The van der Waals surface area contributed by atoms with E-state index in [0.29, 0.717) is 30.5 Å². The minimum absolute atomic E-state index is 0. The molecule has 1 heterocycles. The number of carbonyl (C=O) groups excluding carboxylic acids is 1. The maximum atomic E-state index is 12.0. The molecule has 1 saturated heterocycles. The van der Waals surface area contributed by atoms with Crippen molar-refractivity contribution in [1.29, 1.82) is 0 Å². The first-order valence-corrected chi connectivity index (χ1v) is 10.5. The quantitative estimate of drug-likeness (QED) is 0.263. The molecule has 1 aliphatic heterocycles. The van der Waals surface area contributed by atoms with Crippen molar-refractivity contribution in [3.05, 3.63) is 0 Å². The van der Waals surface area contributed by atoms with Crippen LogP contribution in [0.4, 0.5) is 0 Å². The molecule has 2 N–H and O–H groups in total. The zero-order chi connectivity index (χ0) is 19.5. The van der Waals surface area contributed by atoms with Gasteiger partial charge in [-0.15, -0.1) is 24.0 Å². The third-order valence-electron chi connectivity index (χ3n) is 5.09. The Morgan fingerprint density at radius 3 is 2.33 bits per heavy atom. The van der Waals surface area contributed by atoms with Crippen LogP contribution in [0.25, 0.3) is 0 Å². The molecule has 1 amide bonds. The Morgan fingerprint density at radius 1 is 1.19 bits per heavy atom. The number of carbonyl (C=O) groups is 1. The Hall–Kier alpha value is -0.570. The molecule has 1 fully saturated rings. The normalized spacial score (nSPS) is 16.3. The Labute approximate surface area is 183 Å². The van der Waals surface area contributed by atoms with Crippen molar-refractivity contribution in [1.82, 2.24) is 20.4 Å². The number of nitrogens with one attached hydrogen (secondary N) is 2. The van der Waals surface area contributed by atoms with E-state index in [4.69, 9.17) is 4.99 Å². The summed E-state index contributed by atoms with van der Waals surface area (Å²) in [5.74, 6) is 1.19. The summed E-state index contributed by atoms with van der Waals surface area (Å²) in [6.45, 7) is 17.6. The number of hydrogen-bond donors (Lipinski definition) is 2. The van der Waals surface area contributed by atoms with Crippen LogP contribution in [-0.4, -0.2) is 72.5 Å². The Kier molecular flexibility index (Phi) is 14.1. The van der Waals surface area contributed by atoms with Gasteiger partial charge in [-0.2, -0.15) is 0 Å². The molecule has 0 saturated carbocycles. The van der Waals surface area contributed by atoms with Crippen molar-refractivity contribution in [3.8, 4) is 0 Å². The fraction of sp³-hybridized carbons (Fsp3) is 0.900. The van der Waals surface area contributed by atoms with Gasteiger partial charge in [0, 0.05) is 57.3 Å². The molecule has 1 rings (SSSR count). The van der Waals surface area contributed by atoms with Crippen LogP contribution in [0.1, 0.15) is 67.2 Å². The van der Waals surface area contributed by atoms with Crippen molar-refractivity contribution >= 4 is 35.8 Å². The highest BCUT2D eigenvalue weighted by Crippen LogP contribution is 2.18. The molecule has 0 aromatic rings. The van der Waals surface area contributed by atoms with Gasteiger partial charge in [0.2, 0.25) is 5.91 Å². The number of rotatable bonds is 11. The molecule has 7 heteroatoms. The van der Waals surface area contributed by atoms with Gasteiger partial charge in [0.25, 0.3) is 0 Å². The van der Waals surface area contributed by atoms with Gasteiger partial charge in [0.05, 0.1) is 0 Å². The van der Waals surface area contributed by atoms with Gasteiger partial charge in [-0.1, -0.05) is 6.92 Å². The van der Waals surface area contributed by atoms with Gasteiger partial charge >= 0.3 is 0 Å². The van der Waals surface area contributed by atoms with Crippen LogP contribution in [-0.2, 0) is 4.79 Å². The highest BCUT2D eigenvalue weighted by molar-refractivity contribution is 14.0. The molecule has 0 spiro atoms. The molecule has 1 unspecified atom stereocenters. The average Bonchev–Trinajstić information content (AvgIpc) is 3.00. The zero-order valence-electron chi connectivity index (χ0n) is 18.3. The first kappa shape index (κ1) is 26.4. The van der Waals surface area contributed by atoms with Crippen molar-refractivity contribution < 1.29 is 4.79 Å². The summed E-state index contributed by atoms with van der Waals surface area (Å²) in [7, 11) is 0. The van der Waals surface area contributed by atoms with Crippen LogP contribution in [0.3, 0.4) is 0 Å². The van der Waals surface area contributed by atoms with Crippen LogP contribution in [0.5, 0.6) is 0 Å². The lowest BCUT2D eigenvalue weighted by atomic mass is 10.1. The van der Waals surface area contributed by atoms with Crippen LogP contribution < -0.4 is 10.6 Å². The minimum atomic E-state index is 0. The van der Waals surface area contributed by atoms with Crippen molar-refractivity contribution in [3.63, 3.8) is 0 Å². The van der Waals surface area contributed by atoms with Gasteiger partial charge in [0.15, 0.2) is 5.96 Å². The van der Waals surface area contributed by atoms with Crippen LogP contribution in [0.15, 0.2) is 4.99 Å². The van der Waals surface area contributed by atoms with Gasteiger partial charge in [-0.05, 0) is 53.9 Å². The fourth-order valence-electron chi connectivity index (χ4n) is 3.72. The molecule has 0 aromatic heterocycles. The predicted molar refractivity (Wildman–Crippen MR) is 126 cm³/mol. The summed E-state index contributed by atoms with van der Waals surface area (Å²) >= 11 is 0. The van der Waals surface area contributed by atoms with Crippen LogP contribution in [0, 0.1) is 0 Å².